The van der Waals surface area contributed by atoms with Crippen LogP contribution in [-0.2, 0) is 11.0 Å². The summed E-state index contributed by atoms with van der Waals surface area (Å²) in [6, 6.07) is 1.44. The number of rotatable bonds is 1. The van der Waals surface area contributed by atoms with E-state index < -0.39 is 11.7 Å². The Kier molecular flexibility index (Phi) is 3.49. The van der Waals surface area contributed by atoms with Gasteiger partial charge in [-0.2, -0.15) is 23.3 Å². The normalized spacial score (nSPS) is 16.0. The number of amides is 1. The van der Waals surface area contributed by atoms with Crippen molar-refractivity contribution >= 4 is 40.5 Å². The molecular formula is C11H7Cl2F3N2O. The Balaban J connectivity index is 2.52. The molecule has 1 aromatic carbocycles. The molecule has 8 heteroatoms. The molecule has 0 unspecified atom stereocenters. The monoisotopic (exact) mass is 310 g/mol. The first-order chi connectivity index (χ1) is 8.70. The van der Waals surface area contributed by atoms with Gasteiger partial charge in [0.2, 0.25) is 0 Å². The Morgan fingerprint density at radius 2 is 1.79 bits per heavy atom. The van der Waals surface area contributed by atoms with Crippen LogP contribution in [0.3, 0.4) is 0 Å². The molecule has 1 aliphatic heterocycles. The van der Waals surface area contributed by atoms with Gasteiger partial charge in [0.25, 0.3) is 5.91 Å². The molecule has 0 radical (unpaired) electrons. The third kappa shape index (κ3) is 2.69. The highest BCUT2D eigenvalue weighted by atomic mass is 35.5. The smallest absolute Gasteiger partial charge is 0.272 e. The zero-order valence-electron chi connectivity index (χ0n) is 9.55. The van der Waals surface area contributed by atoms with Gasteiger partial charge >= 0.3 is 6.18 Å². The first-order valence-electron chi connectivity index (χ1n) is 5.13. The van der Waals surface area contributed by atoms with Crippen molar-refractivity contribution in [1.29, 1.82) is 0 Å². The van der Waals surface area contributed by atoms with Gasteiger partial charge < -0.3 is 0 Å². The number of hydrogen-bond acceptors (Lipinski definition) is 2. The zero-order valence-corrected chi connectivity index (χ0v) is 11.1. The highest BCUT2D eigenvalue weighted by Gasteiger charge is 2.34. The number of alkyl halides is 3. The number of anilines is 1. The van der Waals surface area contributed by atoms with Gasteiger partial charge in [0.1, 0.15) is 5.69 Å². The van der Waals surface area contributed by atoms with Crippen molar-refractivity contribution in [3.63, 3.8) is 0 Å². The molecule has 1 aromatic rings. The standard InChI is InChI=1S/C11H7Cl2F3N2O/c1-5-2-9(19)18(17-5)10-7(12)3-6(4-8(10)13)11(14,15)16/h3-4H,2H2,1H3. The van der Waals surface area contributed by atoms with Gasteiger partial charge in [-0.15, -0.1) is 0 Å². The van der Waals surface area contributed by atoms with Crippen LogP contribution < -0.4 is 5.01 Å². The number of benzene rings is 1. The van der Waals surface area contributed by atoms with Gasteiger partial charge in [-0.1, -0.05) is 23.2 Å². The van der Waals surface area contributed by atoms with Crippen molar-refractivity contribution in [3.05, 3.63) is 27.7 Å². The number of nitrogens with zero attached hydrogens (tertiary/aromatic N) is 2. The zero-order chi connectivity index (χ0) is 14.4. The highest BCUT2D eigenvalue weighted by Crippen LogP contribution is 2.41. The number of carbonyl (C=O) groups excluding carboxylic acids is 1. The van der Waals surface area contributed by atoms with Crippen LogP contribution in [0.2, 0.25) is 10.0 Å². The quantitative estimate of drug-likeness (QED) is 0.767. The van der Waals surface area contributed by atoms with E-state index >= 15 is 0 Å². The molecule has 0 atom stereocenters. The molecule has 2 rings (SSSR count). The second-order valence-corrected chi connectivity index (χ2v) is 4.82. The molecule has 0 N–H and O–H groups in total. The average Bonchev–Trinajstić information content (AvgIpc) is 2.55. The van der Waals surface area contributed by atoms with E-state index in [2.05, 4.69) is 5.10 Å². The number of hydrogen-bond donors (Lipinski definition) is 0. The van der Waals surface area contributed by atoms with E-state index in [0.717, 1.165) is 17.1 Å². The van der Waals surface area contributed by atoms with E-state index in [4.69, 9.17) is 23.2 Å². The van der Waals surface area contributed by atoms with E-state index in [1.165, 1.54) is 0 Å². The van der Waals surface area contributed by atoms with Crippen molar-refractivity contribution < 1.29 is 18.0 Å². The van der Waals surface area contributed by atoms with E-state index in [0.29, 0.717) is 5.71 Å². The molecule has 0 saturated heterocycles. The van der Waals surface area contributed by atoms with Crippen molar-refractivity contribution in [2.24, 2.45) is 5.10 Å². The van der Waals surface area contributed by atoms with Crippen LogP contribution in [0.1, 0.15) is 18.9 Å². The molecule has 0 aromatic heterocycles. The Hall–Kier alpha value is -1.27. The lowest BCUT2D eigenvalue weighted by atomic mass is 10.2. The summed E-state index contributed by atoms with van der Waals surface area (Å²) in [6.45, 7) is 1.63. The number of halogens is 5. The fourth-order valence-electron chi connectivity index (χ4n) is 1.66. The topological polar surface area (TPSA) is 32.7 Å². The molecule has 102 valence electrons. The predicted molar refractivity (Wildman–Crippen MR) is 66.7 cm³/mol. The van der Waals surface area contributed by atoms with Crippen LogP contribution in [0.5, 0.6) is 0 Å². The van der Waals surface area contributed by atoms with Crippen LogP contribution in [-0.4, -0.2) is 11.6 Å². The van der Waals surface area contributed by atoms with E-state index in [9.17, 15) is 18.0 Å². The molecule has 0 fully saturated rings. The molecule has 1 amide bonds. The molecule has 0 bridgehead atoms. The maximum atomic E-state index is 12.6. The predicted octanol–water partition coefficient (Wildman–Crippen LogP) is 4.12. The molecular weight excluding hydrogens is 304 g/mol. The maximum absolute atomic E-state index is 12.6. The molecule has 1 heterocycles. The largest absolute Gasteiger partial charge is 0.416 e. The van der Waals surface area contributed by atoms with Gasteiger partial charge in [-0.25, -0.2) is 0 Å². The van der Waals surface area contributed by atoms with Gasteiger partial charge in [0.15, 0.2) is 0 Å². The lowest BCUT2D eigenvalue weighted by Gasteiger charge is -2.17. The van der Waals surface area contributed by atoms with Gasteiger partial charge in [-0.05, 0) is 19.1 Å². The first-order valence-corrected chi connectivity index (χ1v) is 5.89. The van der Waals surface area contributed by atoms with Gasteiger partial charge in [-0.3, -0.25) is 4.79 Å². The Morgan fingerprint density at radius 3 is 2.16 bits per heavy atom. The minimum atomic E-state index is -4.56. The summed E-state index contributed by atoms with van der Waals surface area (Å²) >= 11 is 11.6. The molecule has 1 aliphatic rings. The summed E-state index contributed by atoms with van der Waals surface area (Å²) in [7, 11) is 0. The minimum absolute atomic E-state index is 0.0295. The molecule has 0 spiro atoms. The third-order valence-corrected chi connectivity index (χ3v) is 3.05. The summed E-state index contributed by atoms with van der Waals surface area (Å²) in [5, 5.41) is 4.29. The Morgan fingerprint density at radius 1 is 1.26 bits per heavy atom. The van der Waals surface area contributed by atoms with Gasteiger partial charge in [0, 0.05) is 5.71 Å². The summed E-state index contributed by atoms with van der Waals surface area (Å²) in [5.41, 5.74) is -0.464. The van der Waals surface area contributed by atoms with Crippen LogP contribution in [0.15, 0.2) is 17.2 Å². The Labute approximate surface area is 116 Å². The number of hydrazone groups is 1. The summed E-state index contributed by atoms with van der Waals surface area (Å²) in [4.78, 5) is 11.6. The summed E-state index contributed by atoms with van der Waals surface area (Å²) in [6.07, 6.45) is -4.46. The Bertz CT molecular complexity index is 561. The van der Waals surface area contributed by atoms with E-state index in [1.807, 2.05) is 0 Å². The van der Waals surface area contributed by atoms with Crippen molar-refractivity contribution in [3.8, 4) is 0 Å². The summed E-state index contributed by atoms with van der Waals surface area (Å²) in [5.74, 6) is -0.388. The van der Waals surface area contributed by atoms with Crippen LogP contribution in [0, 0.1) is 0 Å². The summed E-state index contributed by atoms with van der Waals surface area (Å²) < 4.78 is 37.7. The maximum Gasteiger partial charge on any atom is 0.416 e. The SMILES string of the molecule is CC1=NN(c2c(Cl)cc(C(F)(F)F)cc2Cl)C(=O)C1. The molecule has 3 nitrogen and oxygen atoms in total. The minimum Gasteiger partial charge on any atom is -0.272 e. The molecule has 0 saturated carbocycles. The third-order valence-electron chi connectivity index (χ3n) is 2.47. The van der Waals surface area contributed by atoms with Crippen molar-refractivity contribution in [2.45, 2.75) is 19.5 Å². The van der Waals surface area contributed by atoms with Crippen LogP contribution >= 0.6 is 23.2 Å². The highest BCUT2D eigenvalue weighted by molar-refractivity contribution is 6.40. The number of carbonyl (C=O) groups is 1. The average molecular weight is 311 g/mol. The van der Waals surface area contributed by atoms with Crippen molar-refractivity contribution in [2.75, 3.05) is 5.01 Å². The first kappa shape index (κ1) is 14.1. The second kappa shape index (κ2) is 4.68. The van der Waals surface area contributed by atoms with Gasteiger partial charge in [0.05, 0.1) is 22.0 Å². The van der Waals surface area contributed by atoms with Crippen LogP contribution in [0.25, 0.3) is 0 Å². The molecule has 0 aliphatic carbocycles. The fraction of sp³-hybridized carbons (Fsp3) is 0.273. The lowest BCUT2D eigenvalue weighted by molar-refractivity contribution is -0.137. The lowest BCUT2D eigenvalue weighted by Crippen LogP contribution is -2.20. The fourth-order valence-corrected chi connectivity index (χ4v) is 2.31. The van der Waals surface area contributed by atoms with Crippen molar-refractivity contribution in [1.82, 2.24) is 0 Å². The second-order valence-electron chi connectivity index (χ2n) is 4.00. The van der Waals surface area contributed by atoms with E-state index in [1.54, 1.807) is 6.92 Å². The van der Waals surface area contributed by atoms with Crippen LogP contribution in [0.4, 0.5) is 18.9 Å². The molecule has 19 heavy (non-hydrogen) atoms. The van der Waals surface area contributed by atoms with E-state index in [-0.39, 0.29) is 28.1 Å².